The molecular weight excluding hydrogens is 551 g/mol. The number of methoxy groups -OCH3 is 2. The summed E-state index contributed by atoms with van der Waals surface area (Å²) in [6.07, 6.45) is 2.23. The molecule has 0 aromatic heterocycles. The molecular formula is C37H51FN4O2. The number of benzene rings is 3. The average molecular weight is 603 g/mol. The molecule has 0 N–H and O–H groups in total. The zero-order valence-corrected chi connectivity index (χ0v) is 27.1. The van der Waals surface area contributed by atoms with Crippen LogP contribution in [0.1, 0.15) is 55.3 Å². The van der Waals surface area contributed by atoms with Gasteiger partial charge in [0.05, 0.1) is 14.2 Å². The van der Waals surface area contributed by atoms with E-state index in [2.05, 4.69) is 82.0 Å². The third-order valence-electron chi connectivity index (χ3n) is 9.67. The molecule has 0 spiro atoms. The molecule has 2 aliphatic heterocycles. The summed E-state index contributed by atoms with van der Waals surface area (Å²) in [5, 5.41) is 0. The van der Waals surface area contributed by atoms with Gasteiger partial charge in [-0.3, -0.25) is 14.7 Å². The van der Waals surface area contributed by atoms with E-state index in [0.717, 1.165) is 89.8 Å². The maximum absolute atomic E-state index is 13.8. The summed E-state index contributed by atoms with van der Waals surface area (Å²) >= 11 is 0. The Kier molecular flexibility index (Phi) is 11.7. The molecule has 5 rings (SSSR count). The van der Waals surface area contributed by atoms with Gasteiger partial charge >= 0.3 is 0 Å². The molecule has 44 heavy (non-hydrogen) atoms. The highest BCUT2D eigenvalue weighted by Crippen LogP contribution is 2.32. The van der Waals surface area contributed by atoms with E-state index in [9.17, 15) is 4.39 Å². The molecule has 0 bridgehead atoms. The van der Waals surface area contributed by atoms with Gasteiger partial charge in [-0.15, -0.1) is 0 Å². The highest BCUT2D eigenvalue weighted by atomic mass is 19.1. The first-order valence-corrected chi connectivity index (χ1v) is 16.4. The van der Waals surface area contributed by atoms with E-state index in [1.807, 2.05) is 12.1 Å². The summed E-state index contributed by atoms with van der Waals surface area (Å²) in [4.78, 5) is 10.4. The third-order valence-corrected chi connectivity index (χ3v) is 9.67. The molecule has 7 heteroatoms. The van der Waals surface area contributed by atoms with Crippen LogP contribution < -0.4 is 9.47 Å². The first-order valence-electron chi connectivity index (χ1n) is 16.4. The van der Waals surface area contributed by atoms with Gasteiger partial charge in [0.15, 0.2) is 0 Å². The highest BCUT2D eigenvalue weighted by Gasteiger charge is 2.29. The van der Waals surface area contributed by atoms with E-state index in [1.165, 1.54) is 16.7 Å². The quantitative estimate of drug-likeness (QED) is 0.234. The van der Waals surface area contributed by atoms with Crippen LogP contribution in [0.15, 0.2) is 72.8 Å². The number of rotatable bonds is 13. The van der Waals surface area contributed by atoms with E-state index in [-0.39, 0.29) is 5.82 Å². The lowest BCUT2D eigenvalue weighted by molar-refractivity contribution is 0.0480. The van der Waals surface area contributed by atoms with Crippen LogP contribution >= 0.6 is 0 Å². The van der Waals surface area contributed by atoms with Crippen LogP contribution in [-0.4, -0.2) is 105 Å². The predicted octanol–water partition coefficient (Wildman–Crippen LogP) is 6.14. The molecule has 0 radical (unpaired) electrons. The van der Waals surface area contributed by atoms with Crippen LogP contribution in [0.25, 0.3) is 0 Å². The molecule has 1 atom stereocenters. The number of nitrogens with zero attached hydrogens (tertiary/aromatic N) is 4. The van der Waals surface area contributed by atoms with Gasteiger partial charge in [0.1, 0.15) is 17.3 Å². The summed E-state index contributed by atoms with van der Waals surface area (Å²) in [5.74, 6) is 1.95. The summed E-state index contributed by atoms with van der Waals surface area (Å²) in [6, 6.07) is 25.2. The minimum atomic E-state index is -0.160. The summed E-state index contributed by atoms with van der Waals surface area (Å²) in [5.41, 5.74) is 3.87. The first kappa shape index (κ1) is 32.4. The number of ether oxygens (including phenoxy) is 2. The monoisotopic (exact) mass is 602 g/mol. The van der Waals surface area contributed by atoms with Crippen LogP contribution in [0.3, 0.4) is 0 Å². The van der Waals surface area contributed by atoms with Crippen LogP contribution in [0, 0.1) is 5.82 Å². The van der Waals surface area contributed by atoms with Gasteiger partial charge in [-0.25, -0.2) is 4.39 Å². The second-order valence-corrected chi connectivity index (χ2v) is 12.6. The van der Waals surface area contributed by atoms with Crippen LogP contribution in [-0.2, 0) is 0 Å². The number of hydrogen-bond donors (Lipinski definition) is 0. The molecule has 0 saturated carbocycles. The standard InChI is InChI=1S/C37H51FN4O2/c1-29(2)41-24-26-42(27-25-41)37(32-7-13-33(38)14-8-32)28-40-22-20-39(21-23-40)19-5-6-36(30-9-15-34(43-3)16-10-30)31-11-17-35(44-4)18-12-31/h7-18,29,36-37H,5-6,19-28H2,1-4H3. The second kappa shape index (κ2) is 15.8. The van der Waals surface area contributed by atoms with Gasteiger partial charge in [-0.2, -0.15) is 0 Å². The van der Waals surface area contributed by atoms with Crippen molar-refractivity contribution in [2.75, 3.05) is 79.7 Å². The highest BCUT2D eigenvalue weighted by molar-refractivity contribution is 5.38. The Morgan fingerprint density at radius 1 is 0.614 bits per heavy atom. The summed E-state index contributed by atoms with van der Waals surface area (Å²) < 4.78 is 24.6. The molecule has 2 fully saturated rings. The van der Waals surface area contributed by atoms with Crippen molar-refractivity contribution in [3.8, 4) is 11.5 Å². The molecule has 0 aliphatic carbocycles. The van der Waals surface area contributed by atoms with Crippen LogP contribution in [0.4, 0.5) is 4.39 Å². The first-order chi connectivity index (χ1) is 21.4. The predicted molar refractivity (Wildman–Crippen MR) is 177 cm³/mol. The fourth-order valence-corrected chi connectivity index (χ4v) is 6.84. The zero-order chi connectivity index (χ0) is 30.9. The molecule has 1 unspecified atom stereocenters. The van der Waals surface area contributed by atoms with E-state index >= 15 is 0 Å². The topological polar surface area (TPSA) is 31.4 Å². The van der Waals surface area contributed by atoms with Gasteiger partial charge in [0, 0.05) is 76.9 Å². The molecule has 2 aliphatic rings. The minimum Gasteiger partial charge on any atom is -0.497 e. The Balaban J connectivity index is 1.15. The zero-order valence-electron chi connectivity index (χ0n) is 27.1. The third kappa shape index (κ3) is 8.60. The fourth-order valence-electron chi connectivity index (χ4n) is 6.84. The Morgan fingerprint density at radius 2 is 1.09 bits per heavy atom. The molecule has 2 saturated heterocycles. The van der Waals surface area contributed by atoms with Crippen molar-refractivity contribution in [2.45, 2.75) is 44.7 Å². The molecule has 2 heterocycles. The van der Waals surface area contributed by atoms with E-state index in [1.54, 1.807) is 26.4 Å². The number of piperazine rings is 2. The maximum atomic E-state index is 13.8. The van der Waals surface area contributed by atoms with Crippen molar-refractivity contribution in [3.05, 3.63) is 95.3 Å². The molecule has 238 valence electrons. The fraction of sp³-hybridized carbons (Fsp3) is 0.514. The Labute approximate surface area is 264 Å². The smallest absolute Gasteiger partial charge is 0.123 e. The van der Waals surface area contributed by atoms with Crippen LogP contribution in [0.5, 0.6) is 11.5 Å². The van der Waals surface area contributed by atoms with E-state index < -0.39 is 0 Å². The maximum Gasteiger partial charge on any atom is 0.123 e. The van der Waals surface area contributed by atoms with Crippen molar-refractivity contribution < 1.29 is 13.9 Å². The number of halogens is 1. The van der Waals surface area contributed by atoms with Gasteiger partial charge in [-0.1, -0.05) is 36.4 Å². The van der Waals surface area contributed by atoms with Gasteiger partial charge in [-0.05, 0) is 86.3 Å². The molecule has 6 nitrogen and oxygen atoms in total. The number of hydrogen-bond acceptors (Lipinski definition) is 6. The Hall–Kier alpha value is -2.97. The average Bonchev–Trinajstić information content (AvgIpc) is 3.07. The summed E-state index contributed by atoms with van der Waals surface area (Å²) in [7, 11) is 3.43. The second-order valence-electron chi connectivity index (χ2n) is 12.6. The van der Waals surface area contributed by atoms with Crippen molar-refractivity contribution in [2.24, 2.45) is 0 Å². The van der Waals surface area contributed by atoms with Gasteiger partial charge < -0.3 is 14.4 Å². The largest absolute Gasteiger partial charge is 0.497 e. The lowest BCUT2D eigenvalue weighted by atomic mass is 9.87. The van der Waals surface area contributed by atoms with E-state index in [4.69, 9.17) is 9.47 Å². The minimum absolute atomic E-state index is 0.160. The Morgan fingerprint density at radius 3 is 1.59 bits per heavy atom. The van der Waals surface area contributed by atoms with Gasteiger partial charge in [0.25, 0.3) is 0 Å². The molecule has 3 aromatic rings. The normalized spacial score (nSPS) is 18.2. The molecule has 3 aromatic carbocycles. The SMILES string of the molecule is COc1ccc(C(CCCN2CCN(CC(c3ccc(F)cc3)N3CCN(C(C)C)CC3)CC2)c2ccc(OC)cc2)cc1. The van der Waals surface area contributed by atoms with Crippen molar-refractivity contribution in [3.63, 3.8) is 0 Å². The van der Waals surface area contributed by atoms with Crippen LogP contribution in [0.2, 0.25) is 0 Å². The lowest BCUT2D eigenvalue weighted by Crippen LogP contribution is -2.53. The van der Waals surface area contributed by atoms with E-state index in [0.29, 0.717) is 18.0 Å². The van der Waals surface area contributed by atoms with Crippen molar-refractivity contribution in [1.29, 1.82) is 0 Å². The lowest BCUT2D eigenvalue weighted by Gasteiger charge is -2.43. The summed E-state index contributed by atoms with van der Waals surface area (Å²) in [6.45, 7) is 15.3. The van der Waals surface area contributed by atoms with Crippen molar-refractivity contribution in [1.82, 2.24) is 19.6 Å². The Bertz CT molecular complexity index is 1200. The van der Waals surface area contributed by atoms with Gasteiger partial charge in [0.2, 0.25) is 0 Å². The molecule has 0 amide bonds. The van der Waals surface area contributed by atoms with Crippen molar-refractivity contribution >= 4 is 0 Å².